The minimum Gasteiger partial charge on any atom is -0.369 e. The van der Waals surface area contributed by atoms with E-state index in [0.717, 1.165) is 6.07 Å². The first-order chi connectivity index (χ1) is 10.0. The minimum absolute atomic E-state index is 0.160. The van der Waals surface area contributed by atoms with Crippen molar-refractivity contribution in [2.24, 2.45) is 0 Å². The van der Waals surface area contributed by atoms with Gasteiger partial charge >= 0.3 is 0 Å². The van der Waals surface area contributed by atoms with Crippen LogP contribution in [0, 0.1) is 17.1 Å². The van der Waals surface area contributed by atoms with Crippen LogP contribution in [0.15, 0.2) is 24.3 Å². The Kier molecular flexibility index (Phi) is 4.84. The van der Waals surface area contributed by atoms with E-state index in [1.165, 1.54) is 12.1 Å². The van der Waals surface area contributed by atoms with Gasteiger partial charge in [0.15, 0.2) is 5.82 Å². The summed E-state index contributed by atoms with van der Waals surface area (Å²) in [5.41, 5.74) is 0.575. The predicted molar refractivity (Wildman–Crippen MR) is 82.8 cm³/mol. The second-order valence-electron chi connectivity index (χ2n) is 4.11. The fraction of sp³-hybridized carbons (Fsp3) is 0.143. The Balaban J connectivity index is 2.40. The molecule has 0 fully saturated rings. The molecule has 21 heavy (non-hydrogen) atoms. The summed E-state index contributed by atoms with van der Waals surface area (Å²) in [7, 11) is 0. The first kappa shape index (κ1) is 15.4. The third-order valence-corrected chi connectivity index (χ3v) is 3.21. The smallest absolute Gasteiger partial charge is 0.151 e. The van der Waals surface area contributed by atoms with E-state index in [1.54, 1.807) is 6.07 Å². The molecule has 7 heteroatoms. The van der Waals surface area contributed by atoms with E-state index in [-0.39, 0.29) is 5.56 Å². The van der Waals surface area contributed by atoms with Crippen LogP contribution in [-0.4, -0.2) is 11.5 Å². The van der Waals surface area contributed by atoms with Gasteiger partial charge in [-0.05, 0) is 31.2 Å². The molecular formula is C14H11Cl2FN4. The van der Waals surface area contributed by atoms with Gasteiger partial charge in [0.2, 0.25) is 0 Å². The molecule has 0 amide bonds. The van der Waals surface area contributed by atoms with Crippen molar-refractivity contribution in [1.82, 2.24) is 4.98 Å². The SMILES string of the molecule is CCNc1nc(Nc2ccc(F)cc2C#N)c(Cl)cc1Cl. The van der Waals surface area contributed by atoms with Gasteiger partial charge < -0.3 is 10.6 Å². The molecule has 1 heterocycles. The van der Waals surface area contributed by atoms with E-state index in [0.29, 0.717) is 33.9 Å². The Morgan fingerprint density at radius 3 is 2.62 bits per heavy atom. The topological polar surface area (TPSA) is 60.7 Å². The largest absolute Gasteiger partial charge is 0.369 e. The standard InChI is InChI=1S/C14H11Cl2FN4/c1-2-19-13-10(15)6-11(16)14(21-13)20-12-4-3-9(17)5-8(12)7-18/h3-6H,2H2,1H3,(H2,19,20,21). The molecule has 1 aromatic carbocycles. The zero-order valence-corrected chi connectivity index (χ0v) is 12.6. The molecule has 0 saturated heterocycles. The van der Waals surface area contributed by atoms with E-state index >= 15 is 0 Å². The van der Waals surface area contributed by atoms with Crippen LogP contribution in [0.2, 0.25) is 10.0 Å². The Morgan fingerprint density at radius 2 is 1.95 bits per heavy atom. The van der Waals surface area contributed by atoms with Crippen molar-refractivity contribution in [2.75, 3.05) is 17.2 Å². The molecule has 0 spiro atoms. The Hall–Kier alpha value is -2.03. The van der Waals surface area contributed by atoms with Crippen molar-refractivity contribution in [2.45, 2.75) is 6.92 Å². The molecular weight excluding hydrogens is 314 g/mol. The van der Waals surface area contributed by atoms with Gasteiger partial charge in [-0.2, -0.15) is 5.26 Å². The Morgan fingerprint density at radius 1 is 1.24 bits per heavy atom. The van der Waals surface area contributed by atoms with Crippen molar-refractivity contribution in [3.63, 3.8) is 0 Å². The first-order valence-corrected chi connectivity index (χ1v) is 6.87. The highest BCUT2D eigenvalue weighted by molar-refractivity contribution is 6.37. The van der Waals surface area contributed by atoms with E-state index in [4.69, 9.17) is 28.5 Å². The van der Waals surface area contributed by atoms with Crippen molar-refractivity contribution < 1.29 is 4.39 Å². The molecule has 0 radical (unpaired) electrons. The first-order valence-electron chi connectivity index (χ1n) is 6.11. The average Bonchev–Trinajstić information content (AvgIpc) is 2.45. The van der Waals surface area contributed by atoms with Gasteiger partial charge in [-0.25, -0.2) is 9.37 Å². The van der Waals surface area contributed by atoms with Crippen LogP contribution >= 0.6 is 23.2 Å². The number of anilines is 3. The monoisotopic (exact) mass is 324 g/mol. The number of benzene rings is 1. The second kappa shape index (κ2) is 6.61. The Labute approximate surface area is 131 Å². The van der Waals surface area contributed by atoms with E-state index in [1.807, 2.05) is 13.0 Å². The van der Waals surface area contributed by atoms with E-state index in [9.17, 15) is 4.39 Å². The summed E-state index contributed by atoms with van der Waals surface area (Å²) in [6, 6.07) is 7.30. The highest BCUT2D eigenvalue weighted by atomic mass is 35.5. The second-order valence-corrected chi connectivity index (χ2v) is 4.92. The van der Waals surface area contributed by atoms with Crippen molar-refractivity contribution >= 4 is 40.5 Å². The van der Waals surface area contributed by atoms with Crippen molar-refractivity contribution in [3.05, 3.63) is 45.7 Å². The minimum atomic E-state index is -0.486. The summed E-state index contributed by atoms with van der Waals surface area (Å²) in [5, 5.41) is 15.6. The van der Waals surface area contributed by atoms with Crippen molar-refractivity contribution in [1.29, 1.82) is 5.26 Å². The van der Waals surface area contributed by atoms with Gasteiger partial charge in [-0.1, -0.05) is 23.2 Å². The lowest BCUT2D eigenvalue weighted by molar-refractivity contribution is 0.627. The van der Waals surface area contributed by atoms with Crippen LogP contribution in [0.5, 0.6) is 0 Å². The summed E-state index contributed by atoms with van der Waals surface area (Å²) in [6.45, 7) is 2.56. The molecule has 0 atom stereocenters. The van der Waals surface area contributed by atoms with E-state index in [2.05, 4.69) is 15.6 Å². The molecule has 108 valence electrons. The van der Waals surface area contributed by atoms with Crippen LogP contribution in [0.25, 0.3) is 0 Å². The van der Waals surface area contributed by atoms with Crippen LogP contribution < -0.4 is 10.6 Å². The molecule has 0 aliphatic heterocycles. The Bertz CT molecular complexity index is 713. The fourth-order valence-corrected chi connectivity index (χ4v) is 2.16. The number of halogens is 3. The number of nitriles is 1. The van der Waals surface area contributed by atoms with Crippen LogP contribution in [0.1, 0.15) is 12.5 Å². The maximum absolute atomic E-state index is 13.1. The third-order valence-electron chi connectivity index (χ3n) is 2.63. The van der Waals surface area contributed by atoms with Gasteiger partial charge in [0.25, 0.3) is 0 Å². The lowest BCUT2D eigenvalue weighted by atomic mass is 10.2. The predicted octanol–water partition coefficient (Wildman–Crippen LogP) is 4.57. The number of rotatable bonds is 4. The summed E-state index contributed by atoms with van der Waals surface area (Å²) in [6.07, 6.45) is 0. The van der Waals surface area contributed by atoms with Crippen LogP contribution in [0.4, 0.5) is 21.7 Å². The third kappa shape index (κ3) is 3.54. The summed E-state index contributed by atoms with van der Waals surface area (Å²) in [5.74, 6) is 0.326. The van der Waals surface area contributed by atoms with Gasteiger partial charge in [-0.3, -0.25) is 0 Å². The maximum atomic E-state index is 13.1. The highest BCUT2D eigenvalue weighted by Gasteiger charge is 2.11. The molecule has 0 aliphatic carbocycles. The number of hydrogen-bond acceptors (Lipinski definition) is 4. The average molecular weight is 325 g/mol. The van der Waals surface area contributed by atoms with Crippen LogP contribution in [-0.2, 0) is 0 Å². The number of nitrogens with one attached hydrogen (secondary N) is 2. The lowest BCUT2D eigenvalue weighted by Crippen LogP contribution is -2.04. The number of hydrogen-bond donors (Lipinski definition) is 2. The van der Waals surface area contributed by atoms with Gasteiger partial charge in [-0.15, -0.1) is 0 Å². The molecule has 0 bridgehead atoms. The summed E-state index contributed by atoms with van der Waals surface area (Å²) >= 11 is 12.1. The summed E-state index contributed by atoms with van der Waals surface area (Å²) < 4.78 is 13.1. The zero-order chi connectivity index (χ0) is 15.4. The number of nitrogens with zero attached hydrogens (tertiary/aromatic N) is 2. The number of aromatic nitrogens is 1. The van der Waals surface area contributed by atoms with Crippen LogP contribution in [0.3, 0.4) is 0 Å². The van der Waals surface area contributed by atoms with Gasteiger partial charge in [0.1, 0.15) is 17.7 Å². The molecule has 2 N–H and O–H groups in total. The normalized spacial score (nSPS) is 10.0. The fourth-order valence-electron chi connectivity index (χ4n) is 1.69. The molecule has 1 aromatic heterocycles. The highest BCUT2D eigenvalue weighted by Crippen LogP contribution is 2.31. The molecule has 0 saturated carbocycles. The maximum Gasteiger partial charge on any atom is 0.151 e. The molecule has 2 aromatic rings. The zero-order valence-electron chi connectivity index (χ0n) is 11.0. The molecule has 0 aliphatic rings. The number of pyridine rings is 1. The molecule has 4 nitrogen and oxygen atoms in total. The lowest BCUT2D eigenvalue weighted by Gasteiger charge is -2.12. The molecule has 0 unspecified atom stereocenters. The summed E-state index contributed by atoms with van der Waals surface area (Å²) in [4.78, 5) is 4.27. The van der Waals surface area contributed by atoms with Gasteiger partial charge in [0.05, 0.1) is 21.3 Å². The quantitative estimate of drug-likeness (QED) is 0.864. The van der Waals surface area contributed by atoms with Gasteiger partial charge in [0, 0.05) is 6.54 Å². The molecule has 2 rings (SSSR count). The van der Waals surface area contributed by atoms with Crippen molar-refractivity contribution in [3.8, 4) is 6.07 Å². The van der Waals surface area contributed by atoms with E-state index < -0.39 is 5.82 Å².